The van der Waals surface area contributed by atoms with E-state index in [1.54, 1.807) is 14.2 Å². The number of methoxy groups -OCH3 is 2. The summed E-state index contributed by atoms with van der Waals surface area (Å²) in [6.45, 7) is 5.56. The van der Waals surface area contributed by atoms with Crippen LogP contribution in [0.1, 0.15) is 35.7 Å². The average Bonchev–Trinajstić information content (AvgIpc) is 3.37. The van der Waals surface area contributed by atoms with Gasteiger partial charge in [0.05, 0.1) is 14.2 Å². The van der Waals surface area contributed by atoms with Crippen LogP contribution >= 0.6 is 0 Å². The molecule has 1 saturated heterocycles. The van der Waals surface area contributed by atoms with E-state index in [0.29, 0.717) is 5.92 Å². The van der Waals surface area contributed by atoms with Gasteiger partial charge in [-0.2, -0.15) is 0 Å². The van der Waals surface area contributed by atoms with E-state index in [4.69, 9.17) is 9.47 Å². The van der Waals surface area contributed by atoms with Crippen LogP contribution in [0.3, 0.4) is 0 Å². The Kier molecular flexibility index (Phi) is 5.36. The zero-order chi connectivity index (χ0) is 21.4. The highest BCUT2D eigenvalue weighted by atomic mass is 16.5. The molecule has 5 heteroatoms. The first-order valence-electron chi connectivity index (χ1n) is 11.2. The van der Waals surface area contributed by atoms with Crippen LogP contribution in [0.4, 0.5) is 0 Å². The van der Waals surface area contributed by atoms with Crippen molar-refractivity contribution in [3.05, 3.63) is 59.4 Å². The van der Waals surface area contributed by atoms with Crippen LogP contribution in [0.2, 0.25) is 0 Å². The summed E-state index contributed by atoms with van der Waals surface area (Å²) in [5.74, 6) is 2.46. The lowest BCUT2D eigenvalue weighted by Gasteiger charge is -2.31. The number of hydrogen-bond donors (Lipinski definition) is 2. The van der Waals surface area contributed by atoms with Crippen LogP contribution < -0.4 is 9.47 Å². The second-order valence-corrected chi connectivity index (χ2v) is 8.65. The molecule has 5 nitrogen and oxygen atoms in total. The van der Waals surface area contributed by atoms with Crippen molar-refractivity contribution >= 4 is 21.8 Å². The fourth-order valence-electron chi connectivity index (χ4n) is 5.10. The van der Waals surface area contributed by atoms with E-state index in [1.165, 1.54) is 51.6 Å². The minimum atomic E-state index is 0.590. The molecule has 0 aliphatic carbocycles. The molecule has 162 valence electrons. The Labute approximate surface area is 183 Å². The topological polar surface area (TPSA) is 53.3 Å². The van der Waals surface area contributed by atoms with Crippen LogP contribution in [-0.4, -0.2) is 48.7 Å². The summed E-state index contributed by atoms with van der Waals surface area (Å²) in [5.41, 5.74) is 6.39. The maximum absolute atomic E-state index is 5.53. The van der Waals surface area contributed by atoms with Gasteiger partial charge in [0.2, 0.25) is 0 Å². The van der Waals surface area contributed by atoms with Gasteiger partial charge >= 0.3 is 0 Å². The monoisotopic (exact) mass is 417 g/mol. The normalized spacial score (nSPS) is 15.7. The molecular formula is C26H31N3O2. The minimum absolute atomic E-state index is 0.590. The summed E-state index contributed by atoms with van der Waals surface area (Å²) in [6.07, 6.45) is 3.44. The molecule has 0 spiro atoms. The van der Waals surface area contributed by atoms with Crippen LogP contribution in [0.5, 0.6) is 11.5 Å². The first kappa shape index (κ1) is 20.0. The van der Waals surface area contributed by atoms with Crippen molar-refractivity contribution in [1.29, 1.82) is 0 Å². The second kappa shape index (κ2) is 8.31. The van der Waals surface area contributed by atoms with Gasteiger partial charge in [-0.3, -0.25) is 0 Å². The van der Waals surface area contributed by atoms with Gasteiger partial charge < -0.3 is 24.3 Å². The van der Waals surface area contributed by atoms with Crippen molar-refractivity contribution < 1.29 is 9.47 Å². The molecule has 0 atom stereocenters. The minimum Gasteiger partial charge on any atom is -0.497 e. The summed E-state index contributed by atoms with van der Waals surface area (Å²) in [5, 5.41) is 2.48. The van der Waals surface area contributed by atoms with E-state index in [2.05, 4.69) is 46.1 Å². The Morgan fingerprint density at radius 2 is 1.74 bits per heavy atom. The van der Waals surface area contributed by atoms with Crippen LogP contribution in [0, 0.1) is 6.92 Å². The van der Waals surface area contributed by atoms with Gasteiger partial charge in [-0.15, -0.1) is 0 Å². The number of nitrogens with zero attached hydrogens (tertiary/aromatic N) is 1. The Morgan fingerprint density at radius 1 is 0.935 bits per heavy atom. The van der Waals surface area contributed by atoms with Crippen molar-refractivity contribution in [2.24, 2.45) is 0 Å². The lowest BCUT2D eigenvalue weighted by atomic mass is 9.93. The Bertz CT molecular complexity index is 1200. The van der Waals surface area contributed by atoms with Gasteiger partial charge in [0.25, 0.3) is 0 Å². The summed E-state index contributed by atoms with van der Waals surface area (Å²) < 4.78 is 11.0. The lowest BCUT2D eigenvalue weighted by molar-refractivity contribution is 0.213. The number of hydrogen-bond acceptors (Lipinski definition) is 3. The van der Waals surface area contributed by atoms with Crippen molar-refractivity contribution in [3.8, 4) is 11.5 Å². The molecule has 2 N–H and O–H groups in total. The Hall–Kier alpha value is -2.92. The maximum Gasteiger partial charge on any atom is 0.128 e. The summed E-state index contributed by atoms with van der Waals surface area (Å²) in [7, 11) is 3.47. The molecule has 1 aliphatic heterocycles. The molecule has 0 saturated carbocycles. The van der Waals surface area contributed by atoms with Crippen LogP contribution in [0.15, 0.2) is 42.5 Å². The number of rotatable bonds is 6. The molecule has 0 bridgehead atoms. The van der Waals surface area contributed by atoms with Crippen molar-refractivity contribution in [2.75, 3.05) is 33.9 Å². The molecule has 0 amide bonds. The van der Waals surface area contributed by atoms with E-state index < -0.39 is 0 Å². The number of fused-ring (bicyclic) bond motifs is 2. The quantitative estimate of drug-likeness (QED) is 0.442. The number of ether oxygens (including phenoxy) is 2. The molecule has 5 rings (SSSR count). The van der Waals surface area contributed by atoms with Gasteiger partial charge in [-0.05, 0) is 81.2 Å². The fourth-order valence-corrected chi connectivity index (χ4v) is 5.10. The van der Waals surface area contributed by atoms with Crippen LogP contribution in [-0.2, 0) is 6.42 Å². The fraction of sp³-hybridized carbons (Fsp3) is 0.385. The van der Waals surface area contributed by atoms with Crippen molar-refractivity contribution in [2.45, 2.75) is 32.1 Å². The highest BCUT2D eigenvalue weighted by Crippen LogP contribution is 2.33. The molecule has 3 heterocycles. The SMILES string of the molecule is COc1ccc2[nH]c(C)c(CCN3CCC(c4cc5c(OC)cccc5[nH]4)CC3)c2c1. The van der Waals surface area contributed by atoms with E-state index in [-0.39, 0.29) is 0 Å². The standard InChI is InChI=1S/C26H31N3O2/c1-17-20(21-15-19(30-2)7-8-24(21)27-17)11-14-29-12-9-18(10-13-29)25-16-22-23(28-25)5-4-6-26(22)31-3/h4-8,15-16,18,27-28H,9-14H2,1-3H3. The van der Waals surface area contributed by atoms with Crippen molar-refractivity contribution in [3.63, 3.8) is 0 Å². The van der Waals surface area contributed by atoms with Gasteiger partial charge in [0, 0.05) is 45.7 Å². The van der Waals surface area contributed by atoms with E-state index in [0.717, 1.165) is 37.6 Å². The molecule has 0 unspecified atom stereocenters. The smallest absolute Gasteiger partial charge is 0.128 e. The number of H-pyrrole nitrogens is 2. The third kappa shape index (κ3) is 3.79. The molecule has 1 fully saturated rings. The average molecular weight is 418 g/mol. The van der Waals surface area contributed by atoms with Gasteiger partial charge in [0.1, 0.15) is 11.5 Å². The first-order chi connectivity index (χ1) is 15.2. The number of benzene rings is 2. The molecule has 2 aromatic heterocycles. The van der Waals surface area contributed by atoms with Crippen molar-refractivity contribution in [1.82, 2.24) is 14.9 Å². The molecule has 4 aromatic rings. The summed E-state index contributed by atoms with van der Waals surface area (Å²) in [4.78, 5) is 9.77. The maximum atomic E-state index is 5.53. The van der Waals surface area contributed by atoms with E-state index in [1.807, 2.05) is 18.2 Å². The number of likely N-dealkylation sites (tertiary alicyclic amines) is 1. The molecular weight excluding hydrogens is 386 g/mol. The third-order valence-electron chi connectivity index (χ3n) is 6.90. The molecule has 0 radical (unpaired) electrons. The highest BCUT2D eigenvalue weighted by Gasteiger charge is 2.23. The predicted molar refractivity (Wildman–Crippen MR) is 127 cm³/mol. The Balaban J connectivity index is 1.24. The number of piperidine rings is 1. The van der Waals surface area contributed by atoms with Crippen LogP contribution in [0.25, 0.3) is 21.8 Å². The van der Waals surface area contributed by atoms with Gasteiger partial charge in [-0.25, -0.2) is 0 Å². The largest absolute Gasteiger partial charge is 0.497 e. The number of aromatic amines is 2. The zero-order valence-corrected chi connectivity index (χ0v) is 18.6. The third-order valence-corrected chi connectivity index (χ3v) is 6.90. The number of nitrogens with one attached hydrogen (secondary N) is 2. The molecule has 31 heavy (non-hydrogen) atoms. The Morgan fingerprint density at radius 3 is 2.52 bits per heavy atom. The van der Waals surface area contributed by atoms with Gasteiger partial charge in [0.15, 0.2) is 0 Å². The number of aromatic nitrogens is 2. The summed E-state index contributed by atoms with van der Waals surface area (Å²) >= 11 is 0. The molecule has 1 aliphatic rings. The highest BCUT2D eigenvalue weighted by molar-refractivity contribution is 5.87. The predicted octanol–water partition coefficient (Wildman–Crippen LogP) is 5.40. The summed E-state index contributed by atoms with van der Waals surface area (Å²) in [6, 6.07) is 14.8. The first-order valence-corrected chi connectivity index (χ1v) is 11.2. The van der Waals surface area contributed by atoms with E-state index >= 15 is 0 Å². The zero-order valence-electron chi connectivity index (χ0n) is 18.6. The lowest BCUT2D eigenvalue weighted by Crippen LogP contribution is -2.34. The van der Waals surface area contributed by atoms with Gasteiger partial charge in [-0.1, -0.05) is 6.07 Å². The molecule has 2 aromatic carbocycles. The number of aryl methyl sites for hydroxylation is 1. The second-order valence-electron chi connectivity index (χ2n) is 8.65. The van der Waals surface area contributed by atoms with E-state index in [9.17, 15) is 0 Å².